The number of fused-ring (bicyclic) bond motifs is 1. The van der Waals surface area contributed by atoms with Crippen molar-refractivity contribution in [2.75, 3.05) is 42.5 Å². The third kappa shape index (κ3) is 2.95. The summed E-state index contributed by atoms with van der Waals surface area (Å²) in [6.07, 6.45) is 0. The molecule has 8 heteroatoms. The number of halogens is 2. The molecule has 0 amide bonds. The van der Waals surface area contributed by atoms with Crippen LogP contribution in [0.15, 0.2) is 6.07 Å². The zero-order chi connectivity index (χ0) is 18.3. The van der Waals surface area contributed by atoms with Crippen LogP contribution in [0.1, 0.15) is 24.2 Å². The summed E-state index contributed by atoms with van der Waals surface area (Å²) in [4.78, 5) is 26.8. The lowest BCUT2D eigenvalue weighted by Crippen LogP contribution is -2.50. The van der Waals surface area contributed by atoms with Crippen molar-refractivity contribution in [2.24, 2.45) is 5.92 Å². The molecule has 0 saturated carbocycles. The molecule has 0 unspecified atom stereocenters. The van der Waals surface area contributed by atoms with Crippen LogP contribution in [-0.4, -0.2) is 55.6 Å². The molecule has 3 rings (SSSR count). The van der Waals surface area contributed by atoms with Crippen molar-refractivity contribution in [3.05, 3.63) is 23.3 Å². The molecule has 0 radical (unpaired) electrons. The molecular weight excluding hydrogens is 332 g/mol. The standard InChI is InChI=1S/C17H21F2N3O3/c1-3-21-8-11(17(24)25)16(23)10-6-12(18)15(13(19)14(10)21)22-5-4-20-9(2)7-22/h6,9,11,20H,3-5,7-8H2,1-2H3,(H,24,25)/t9-,11+/m0/s1. The predicted molar refractivity (Wildman–Crippen MR) is 89.4 cm³/mol. The number of rotatable bonds is 3. The summed E-state index contributed by atoms with van der Waals surface area (Å²) in [6, 6.07) is 1.07. The smallest absolute Gasteiger partial charge is 0.316 e. The van der Waals surface area contributed by atoms with Crippen molar-refractivity contribution in [3.8, 4) is 0 Å². The van der Waals surface area contributed by atoms with E-state index in [1.165, 1.54) is 4.90 Å². The van der Waals surface area contributed by atoms with Gasteiger partial charge in [-0.2, -0.15) is 0 Å². The highest BCUT2D eigenvalue weighted by atomic mass is 19.1. The summed E-state index contributed by atoms with van der Waals surface area (Å²) in [7, 11) is 0. The molecule has 0 spiro atoms. The van der Waals surface area contributed by atoms with Crippen molar-refractivity contribution < 1.29 is 23.5 Å². The minimum absolute atomic E-state index is 0.00702. The Morgan fingerprint density at radius 3 is 2.68 bits per heavy atom. The van der Waals surface area contributed by atoms with Crippen LogP contribution < -0.4 is 15.1 Å². The summed E-state index contributed by atoms with van der Waals surface area (Å²) in [5, 5.41) is 12.4. The number of hydrogen-bond donors (Lipinski definition) is 2. The third-order valence-corrected chi connectivity index (χ3v) is 4.83. The number of carboxylic acids is 1. The van der Waals surface area contributed by atoms with Crippen LogP contribution in [0.3, 0.4) is 0 Å². The van der Waals surface area contributed by atoms with E-state index < -0.39 is 29.3 Å². The van der Waals surface area contributed by atoms with E-state index in [9.17, 15) is 19.1 Å². The summed E-state index contributed by atoms with van der Waals surface area (Å²) in [5.41, 5.74) is -0.331. The molecule has 2 atom stereocenters. The molecule has 0 bridgehead atoms. The molecular formula is C17H21F2N3O3. The van der Waals surface area contributed by atoms with Gasteiger partial charge in [-0.1, -0.05) is 0 Å². The number of carbonyl (C=O) groups excluding carboxylic acids is 1. The Morgan fingerprint density at radius 2 is 2.08 bits per heavy atom. The first-order valence-corrected chi connectivity index (χ1v) is 8.37. The molecule has 136 valence electrons. The minimum Gasteiger partial charge on any atom is -0.481 e. The Hall–Kier alpha value is -2.22. The van der Waals surface area contributed by atoms with Gasteiger partial charge >= 0.3 is 5.97 Å². The molecule has 2 aliphatic heterocycles. The van der Waals surface area contributed by atoms with Gasteiger partial charge in [-0.05, 0) is 19.9 Å². The highest BCUT2D eigenvalue weighted by Crippen LogP contribution is 2.39. The van der Waals surface area contributed by atoms with Crippen LogP contribution >= 0.6 is 0 Å². The molecule has 2 N–H and O–H groups in total. The number of Topliss-reactive ketones (excluding diaryl/α,β-unsaturated/α-hetero) is 1. The number of anilines is 2. The van der Waals surface area contributed by atoms with Gasteiger partial charge in [-0.25, -0.2) is 8.78 Å². The van der Waals surface area contributed by atoms with Gasteiger partial charge in [0.25, 0.3) is 0 Å². The van der Waals surface area contributed by atoms with Gasteiger partial charge in [0.15, 0.2) is 11.6 Å². The largest absolute Gasteiger partial charge is 0.481 e. The van der Waals surface area contributed by atoms with Crippen LogP contribution in [0.2, 0.25) is 0 Å². The summed E-state index contributed by atoms with van der Waals surface area (Å²) in [5.74, 6) is -4.96. The number of benzene rings is 1. The van der Waals surface area contributed by atoms with Gasteiger partial charge in [0.2, 0.25) is 0 Å². The van der Waals surface area contributed by atoms with Crippen molar-refractivity contribution >= 4 is 23.1 Å². The van der Waals surface area contributed by atoms with E-state index in [-0.39, 0.29) is 29.5 Å². The monoisotopic (exact) mass is 353 g/mol. The van der Waals surface area contributed by atoms with Crippen LogP contribution in [0.5, 0.6) is 0 Å². The number of hydrogen-bond acceptors (Lipinski definition) is 5. The summed E-state index contributed by atoms with van der Waals surface area (Å²) in [6.45, 7) is 5.39. The maximum Gasteiger partial charge on any atom is 0.316 e. The SMILES string of the molecule is CCN1C[C@@H](C(=O)O)C(=O)c2cc(F)c(N3CCN[C@@H](C)C3)c(F)c21. The molecule has 0 aliphatic carbocycles. The molecule has 1 aromatic carbocycles. The Balaban J connectivity index is 2.12. The molecule has 1 saturated heterocycles. The molecule has 0 aromatic heterocycles. The zero-order valence-electron chi connectivity index (χ0n) is 14.2. The number of nitrogens with zero attached hydrogens (tertiary/aromatic N) is 2. The Kier molecular flexibility index (Phi) is 4.64. The van der Waals surface area contributed by atoms with Gasteiger partial charge in [0.1, 0.15) is 17.4 Å². The normalized spacial score (nSPS) is 23.6. The summed E-state index contributed by atoms with van der Waals surface area (Å²) < 4.78 is 29.9. The topological polar surface area (TPSA) is 72.9 Å². The molecule has 6 nitrogen and oxygen atoms in total. The second-order valence-electron chi connectivity index (χ2n) is 6.51. The first kappa shape index (κ1) is 17.6. The zero-order valence-corrected chi connectivity index (χ0v) is 14.2. The number of ketones is 1. The number of nitrogens with one attached hydrogen (secondary N) is 1. The van der Waals surface area contributed by atoms with E-state index in [0.717, 1.165) is 6.07 Å². The van der Waals surface area contributed by atoms with E-state index in [1.54, 1.807) is 11.8 Å². The Bertz CT molecular complexity index is 726. The first-order valence-electron chi connectivity index (χ1n) is 8.37. The average molecular weight is 353 g/mol. The van der Waals surface area contributed by atoms with Crippen molar-refractivity contribution in [3.63, 3.8) is 0 Å². The van der Waals surface area contributed by atoms with Gasteiger partial charge in [0.05, 0.1) is 5.69 Å². The van der Waals surface area contributed by atoms with Crippen LogP contribution in [0.4, 0.5) is 20.2 Å². The predicted octanol–water partition coefficient (Wildman–Crippen LogP) is 1.49. The van der Waals surface area contributed by atoms with Gasteiger partial charge in [0, 0.05) is 44.3 Å². The second kappa shape index (κ2) is 6.59. The van der Waals surface area contributed by atoms with Gasteiger partial charge < -0.3 is 20.2 Å². The van der Waals surface area contributed by atoms with Crippen molar-refractivity contribution in [1.82, 2.24) is 5.32 Å². The number of aliphatic carboxylic acids is 1. The van der Waals surface area contributed by atoms with Gasteiger partial charge in [-0.15, -0.1) is 0 Å². The van der Waals surface area contributed by atoms with Crippen LogP contribution in [0, 0.1) is 17.6 Å². The Labute approximate surface area is 144 Å². The molecule has 1 aromatic rings. The van der Waals surface area contributed by atoms with Crippen molar-refractivity contribution in [2.45, 2.75) is 19.9 Å². The summed E-state index contributed by atoms with van der Waals surface area (Å²) >= 11 is 0. The highest BCUT2D eigenvalue weighted by molar-refractivity contribution is 6.13. The lowest BCUT2D eigenvalue weighted by molar-refractivity contribution is -0.139. The third-order valence-electron chi connectivity index (χ3n) is 4.83. The van der Waals surface area contributed by atoms with E-state index >= 15 is 4.39 Å². The fourth-order valence-electron chi connectivity index (χ4n) is 3.58. The fourth-order valence-corrected chi connectivity index (χ4v) is 3.58. The number of piperazine rings is 1. The average Bonchev–Trinajstić information content (AvgIpc) is 2.55. The van der Waals surface area contributed by atoms with Gasteiger partial charge in [-0.3, -0.25) is 9.59 Å². The van der Waals surface area contributed by atoms with E-state index in [0.29, 0.717) is 26.2 Å². The van der Waals surface area contributed by atoms with Crippen LogP contribution in [0.25, 0.3) is 0 Å². The fraction of sp³-hybridized carbons (Fsp3) is 0.529. The van der Waals surface area contributed by atoms with Crippen LogP contribution in [-0.2, 0) is 4.79 Å². The second-order valence-corrected chi connectivity index (χ2v) is 6.51. The van der Waals surface area contributed by atoms with E-state index in [4.69, 9.17) is 0 Å². The number of carbonyl (C=O) groups is 2. The quantitative estimate of drug-likeness (QED) is 0.802. The maximum absolute atomic E-state index is 15.2. The Morgan fingerprint density at radius 1 is 1.36 bits per heavy atom. The number of carboxylic acid groups (broad SMARTS) is 1. The van der Waals surface area contributed by atoms with Crippen molar-refractivity contribution in [1.29, 1.82) is 0 Å². The molecule has 2 aliphatic rings. The van der Waals surface area contributed by atoms with E-state index in [1.807, 2.05) is 6.92 Å². The van der Waals surface area contributed by atoms with E-state index in [2.05, 4.69) is 5.32 Å². The molecule has 25 heavy (non-hydrogen) atoms. The maximum atomic E-state index is 15.2. The first-order chi connectivity index (χ1) is 11.8. The lowest BCUT2D eigenvalue weighted by atomic mass is 9.90. The molecule has 1 fully saturated rings. The minimum atomic E-state index is -1.31. The molecule has 2 heterocycles. The highest BCUT2D eigenvalue weighted by Gasteiger charge is 2.40. The lowest BCUT2D eigenvalue weighted by Gasteiger charge is -2.37.